The van der Waals surface area contributed by atoms with Gasteiger partial charge in [0.05, 0.1) is 4.88 Å². The van der Waals surface area contributed by atoms with Gasteiger partial charge in [0.2, 0.25) is 0 Å². The number of rotatable bonds is 5. The number of hydrogen-bond donors (Lipinski definition) is 2. The molecule has 0 bridgehead atoms. The van der Waals surface area contributed by atoms with Crippen molar-refractivity contribution in [1.82, 2.24) is 20.5 Å². The molecule has 0 spiro atoms. The first-order valence-corrected chi connectivity index (χ1v) is 8.49. The predicted octanol–water partition coefficient (Wildman–Crippen LogP) is 1.66. The summed E-state index contributed by atoms with van der Waals surface area (Å²) in [7, 11) is 4.01. The molecule has 1 aliphatic heterocycles. The fraction of sp³-hybridized carbons (Fsp3) is 0.500. The van der Waals surface area contributed by atoms with Crippen LogP contribution in [-0.2, 0) is 0 Å². The van der Waals surface area contributed by atoms with E-state index in [4.69, 9.17) is 0 Å². The third-order valence-electron chi connectivity index (χ3n) is 4.02. The molecular formula is C16H22N4OS. The molecule has 3 rings (SSSR count). The first-order valence-electron chi connectivity index (χ1n) is 7.68. The summed E-state index contributed by atoms with van der Waals surface area (Å²) in [4.78, 5) is 20.9. The van der Waals surface area contributed by atoms with Crippen molar-refractivity contribution in [3.63, 3.8) is 0 Å². The molecule has 1 saturated heterocycles. The van der Waals surface area contributed by atoms with Crippen molar-refractivity contribution in [3.05, 3.63) is 28.8 Å². The molecule has 2 aromatic rings. The Labute approximate surface area is 134 Å². The SMILES string of the molecule is CN(C)CCNC(=O)c1sc2ncccc2c1[C@H]1CCNC1. The van der Waals surface area contributed by atoms with E-state index >= 15 is 0 Å². The number of thiophene rings is 1. The zero-order chi connectivity index (χ0) is 15.5. The summed E-state index contributed by atoms with van der Waals surface area (Å²) < 4.78 is 0. The van der Waals surface area contributed by atoms with Gasteiger partial charge >= 0.3 is 0 Å². The lowest BCUT2D eigenvalue weighted by molar-refractivity contribution is 0.0954. The van der Waals surface area contributed by atoms with Gasteiger partial charge in [-0.1, -0.05) is 6.07 Å². The number of carbonyl (C=O) groups is 1. The number of nitrogens with zero attached hydrogens (tertiary/aromatic N) is 2. The van der Waals surface area contributed by atoms with Crippen molar-refractivity contribution in [2.45, 2.75) is 12.3 Å². The largest absolute Gasteiger partial charge is 0.350 e. The van der Waals surface area contributed by atoms with Gasteiger partial charge in [0.15, 0.2) is 0 Å². The second-order valence-corrected chi connectivity index (χ2v) is 6.95. The van der Waals surface area contributed by atoms with Gasteiger partial charge in [0, 0.05) is 31.2 Å². The number of likely N-dealkylation sites (N-methyl/N-ethyl adjacent to an activating group) is 1. The molecule has 0 saturated carbocycles. The van der Waals surface area contributed by atoms with E-state index in [9.17, 15) is 4.79 Å². The Morgan fingerprint density at radius 3 is 3.14 bits per heavy atom. The maximum absolute atomic E-state index is 12.6. The standard InChI is InChI=1S/C16H22N4OS/c1-20(2)9-8-18-15(21)14-13(11-5-7-17-10-11)12-4-3-6-19-16(12)22-14/h3-4,6,11,17H,5,7-10H2,1-2H3,(H,18,21)/t11-/m0/s1. The maximum Gasteiger partial charge on any atom is 0.261 e. The highest BCUT2D eigenvalue weighted by atomic mass is 32.1. The summed E-state index contributed by atoms with van der Waals surface area (Å²) in [5.41, 5.74) is 1.18. The molecule has 5 nitrogen and oxygen atoms in total. The van der Waals surface area contributed by atoms with Crippen LogP contribution >= 0.6 is 11.3 Å². The molecule has 22 heavy (non-hydrogen) atoms. The van der Waals surface area contributed by atoms with Crippen LogP contribution in [0, 0.1) is 0 Å². The van der Waals surface area contributed by atoms with Gasteiger partial charge in [-0.2, -0.15) is 0 Å². The molecule has 1 amide bonds. The van der Waals surface area contributed by atoms with Gasteiger partial charge in [0.1, 0.15) is 4.83 Å². The van der Waals surface area contributed by atoms with E-state index in [0.29, 0.717) is 12.5 Å². The predicted molar refractivity (Wildman–Crippen MR) is 90.7 cm³/mol. The summed E-state index contributed by atoms with van der Waals surface area (Å²) in [6.07, 6.45) is 2.88. The summed E-state index contributed by atoms with van der Waals surface area (Å²) in [5, 5.41) is 7.57. The molecule has 1 fully saturated rings. The van der Waals surface area contributed by atoms with Gasteiger partial charge in [-0.05, 0) is 44.6 Å². The summed E-state index contributed by atoms with van der Waals surface area (Å²) in [5.74, 6) is 0.444. The summed E-state index contributed by atoms with van der Waals surface area (Å²) in [6, 6.07) is 4.04. The first kappa shape index (κ1) is 15.4. The Morgan fingerprint density at radius 1 is 1.55 bits per heavy atom. The van der Waals surface area contributed by atoms with Crippen molar-refractivity contribution in [3.8, 4) is 0 Å². The van der Waals surface area contributed by atoms with E-state index in [2.05, 4.69) is 26.6 Å². The van der Waals surface area contributed by atoms with E-state index in [0.717, 1.165) is 41.1 Å². The average molecular weight is 318 g/mol. The number of aromatic nitrogens is 1. The normalized spacial score (nSPS) is 18.2. The fourth-order valence-electron chi connectivity index (χ4n) is 2.90. The van der Waals surface area contributed by atoms with E-state index in [1.165, 1.54) is 16.9 Å². The average Bonchev–Trinajstić information content (AvgIpc) is 3.13. The Hall–Kier alpha value is -1.50. The lowest BCUT2D eigenvalue weighted by Crippen LogP contribution is -2.31. The number of carbonyl (C=O) groups excluding carboxylic acids is 1. The van der Waals surface area contributed by atoms with Crippen molar-refractivity contribution >= 4 is 27.5 Å². The highest BCUT2D eigenvalue weighted by Crippen LogP contribution is 2.37. The third-order valence-corrected chi connectivity index (χ3v) is 5.15. The Bertz CT molecular complexity index is 661. The van der Waals surface area contributed by atoms with Gasteiger partial charge in [0.25, 0.3) is 5.91 Å². The van der Waals surface area contributed by atoms with E-state index < -0.39 is 0 Å². The Kier molecular flexibility index (Phi) is 4.71. The topological polar surface area (TPSA) is 57.3 Å². The van der Waals surface area contributed by atoms with Gasteiger partial charge < -0.3 is 15.5 Å². The molecule has 3 heterocycles. The molecule has 0 aromatic carbocycles. The molecule has 1 aliphatic rings. The van der Waals surface area contributed by atoms with Crippen LogP contribution in [-0.4, -0.2) is 56.1 Å². The molecule has 2 aromatic heterocycles. The lowest BCUT2D eigenvalue weighted by atomic mass is 9.95. The first-order chi connectivity index (χ1) is 10.7. The number of fused-ring (bicyclic) bond motifs is 1. The van der Waals surface area contributed by atoms with Gasteiger partial charge in [-0.15, -0.1) is 11.3 Å². The summed E-state index contributed by atoms with van der Waals surface area (Å²) in [6.45, 7) is 3.47. The molecular weight excluding hydrogens is 296 g/mol. The second kappa shape index (κ2) is 6.73. The zero-order valence-corrected chi connectivity index (χ0v) is 13.9. The molecule has 6 heteroatoms. The van der Waals surface area contributed by atoms with Crippen LogP contribution < -0.4 is 10.6 Å². The summed E-state index contributed by atoms with van der Waals surface area (Å²) >= 11 is 1.51. The number of nitrogens with one attached hydrogen (secondary N) is 2. The zero-order valence-electron chi connectivity index (χ0n) is 13.1. The van der Waals surface area contributed by atoms with Crippen molar-refractivity contribution in [2.24, 2.45) is 0 Å². The Balaban J connectivity index is 1.90. The Morgan fingerprint density at radius 2 is 2.41 bits per heavy atom. The number of pyridine rings is 1. The molecule has 1 atom stereocenters. The van der Waals surface area contributed by atoms with Crippen LogP contribution in [0.2, 0.25) is 0 Å². The molecule has 0 aliphatic carbocycles. The van der Waals surface area contributed by atoms with Gasteiger partial charge in [-0.3, -0.25) is 4.79 Å². The van der Waals surface area contributed by atoms with Crippen molar-refractivity contribution < 1.29 is 4.79 Å². The van der Waals surface area contributed by atoms with E-state index in [-0.39, 0.29) is 5.91 Å². The van der Waals surface area contributed by atoms with Crippen LogP contribution in [0.15, 0.2) is 18.3 Å². The quantitative estimate of drug-likeness (QED) is 0.880. The van der Waals surface area contributed by atoms with Crippen LogP contribution in [0.1, 0.15) is 27.6 Å². The van der Waals surface area contributed by atoms with Crippen LogP contribution in [0.5, 0.6) is 0 Å². The third kappa shape index (κ3) is 3.14. The number of amides is 1. The monoisotopic (exact) mass is 318 g/mol. The van der Waals surface area contributed by atoms with Crippen LogP contribution in [0.4, 0.5) is 0 Å². The van der Waals surface area contributed by atoms with Crippen molar-refractivity contribution in [1.29, 1.82) is 0 Å². The second-order valence-electron chi connectivity index (χ2n) is 5.95. The maximum atomic E-state index is 12.6. The van der Waals surface area contributed by atoms with Gasteiger partial charge in [-0.25, -0.2) is 4.98 Å². The smallest absolute Gasteiger partial charge is 0.261 e. The minimum absolute atomic E-state index is 0.0340. The highest BCUT2D eigenvalue weighted by Gasteiger charge is 2.27. The van der Waals surface area contributed by atoms with Crippen LogP contribution in [0.25, 0.3) is 10.2 Å². The van der Waals surface area contributed by atoms with Crippen LogP contribution in [0.3, 0.4) is 0 Å². The minimum atomic E-state index is 0.0340. The fourth-order valence-corrected chi connectivity index (χ4v) is 4.05. The van der Waals surface area contributed by atoms with E-state index in [1.54, 1.807) is 6.20 Å². The molecule has 118 valence electrons. The minimum Gasteiger partial charge on any atom is -0.350 e. The van der Waals surface area contributed by atoms with Crippen molar-refractivity contribution in [2.75, 3.05) is 40.3 Å². The number of hydrogen-bond acceptors (Lipinski definition) is 5. The van der Waals surface area contributed by atoms with E-state index in [1.807, 2.05) is 20.2 Å². The lowest BCUT2D eigenvalue weighted by Gasteiger charge is -2.13. The molecule has 2 N–H and O–H groups in total. The highest BCUT2D eigenvalue weighted by molar-refractivity contribution is 7.20. The molecule has 0 unspecified atom stereocenters. The molecule has 0 radical (unpaired) electrons.